The Morgan fingerprint density at radius 1 is 1.61 bits per heavy atom. The number of esters is 1. The van der Waals surface area contributed by atoms with E-state index in [-0.39, 0.29) is 23.3 Å². The highest BCUT2D eigenvalue weighted by atomic mass is 16.5. The first kappa shape index (κ1) is 13.1. The summed E-state index contributed by atoms with van der Waals surface area (Å²) in [5.74, 6) is 0.426. The molecule has 2 rings (SSSR count). The lowest BCUT2D eigenvalue weighted by Gasteiger charge is -2.49. The molecule has 0 radical (unpaired) electrons. The topological polar surface area (TPSA) is 71.7 Å². The lowest BCUT2D eigenvalue weighted by Crippen LogP contribution is -2.59. The van der Waals surface area contributed by atoms with Gasteiger partial charge in [-0.15, -0.1) is 0 Å². The highest BCUT2D eigenvalue weighted by molar-refractivity contribution is 5.86. The number of nitrogens with one attached hydrogen (secondary N) is 1. The summed E-state index contributed by atoms with van der Waals surface area (Å²) in [4.78, 5) is 11.2. The van der Waals surface area contributed by atoms with Crippen molar-refractivity contribution in [3.05, 3.63) is 23.7 Å². The maximum atomic E-state index is 11.2. The Balaban J connectivity index is 1.88. The van der Waals surface area contributed by atoms with Gasteiger partial charge in [-0.3, -0.25) is 0 Å². The largest absolute Gasteiger partial charge is 0.463 e. The third kappa shape index (κ3) is 2.28. The van der Waals surface area contributed by atoms with Crippen molar-refractivity contribution < 1.29 is 19.1 Å². The lowest BCUT2D eigenvalue weighted by atomic mass is 9.64. The Bertz CT molecular complexity index is 438. The number of rotatable bonds is 4. The molecule has 100 valence electrons. The highest BCUT2D eigenvalue weighted by Gasteiger charge is 2.46. The van der Waals surface area contributed by atoms with Gasteiger partial charge in [-0.1, -0.05) is 13.8 Å². The highest BCUT2D eigenvalue weighted by Crippen LogP contribution is 2.40. The van der Waals surface area contributed by atoms with E-state index in [9.17, 15) is 9.90 Å². The van der Waals surface area contributed by atoms with E-state index < -0.39 is 5.97 Å². The Labute approximate surface area is 106 Å². The molecule has 5 nitrogen and oxygen atoms in total. The quantitative estimate of drug-likeness (QED) is 0.792. The molecular formula is C13H19NO4. The van der Waals surface area contributed by atoms with Crippen LogP contribution in [0.25, 0.3) is 0 Å². The maximum Gasteiger partial charge on any atom is 0.373 e. The molecule has 18 heavy (non-hydrogen) atoms. The van der Waals surface area contributed by atoms with Crippen LogP contribution in [0.15, 0.2) is 16.5 Å². The summed E-state index contributed by atoms with van der Waals surface area (Å²) in [6.45, 7) is 4.60. The van der Waals surface area contributed by atoms with E-state index in [2.05, 4.69) is 10.1 Å². The zero-order valence-electron chi connectivity index (χ0n) is 10.9. The van der Waals surface area contributed by atoms with Crippen LogP contribution in [-0.2, 0) is 11.3 Å². The summed E-state index contributed by atoms with van der Waals surface area (Å²) in [6, 6.07) is 3.62. The van der Waals surface area contributed by atoms with Crippen LogP contribution in [0.5, 0.6) is 0 Å². The fraction of sp³-hybridized carbons (Fsp3) is 0.615. The van der Waals surface area contributed by atoms with Gasteiger partial charge in [0.2, 0.25) is 5.76 Å². The third-order valence-electron chi connectivity index (χ3n) is 3.79. The zero-order valence-corrected chi connectivity index (χ0v) is 10.9. The molecule has 0 bridgehead atoms. The van der Waals surface area contributed by atoms with Crippen molar-refractivity contribution >= 4 is 5.97 Å². The molecule has 2 unspecified atom stereocenters. The number of furan rings is 1. The number of aliphatic hydroxyl groups is 1. The molecule has 1 aliphatic carbocycles. The van der Waals surface area contributed by atoms with Crippen LogP contribution in [0.4, 0.5) is 0 Å². The number of ether oxygens (including phenoxy) is 1. The summed E-state index contributed by atoms with van der Waals surface area (Å²) in [7, 11) is 1.32. The molecule has 1 aliphatic rings. The summed E-state index contributed by atoms with van der Waals surface area (Å²) in [6.07, 6.45) is 0.495. The fourth-order valence-corrected chi connectivity index (χ4v) is 2.16. The molecule has 1 heterocycles. The molecule has 1 aromatic heterocycles. The van der Waals surface area contributed by atoms with Gasteiger partial charge in [0.25, 0.3) is 0 Å². The molecule has 1 saturated carbocycles. The van der Waals surface area contributed by atoms with Crippen LogP contribution < -0.4 is 5.32 Å². The van der Waals surface area contributed by atoms with Crippen LogP contribution in [0.1, 0.15) is 36.6 Å². The number of carbonyl (C=O) groups is 1. The second-order valence-electron chi connectivity index (χ2n) is 5.26. The fourth-order valence-electron chi connectivity index (χ4n) is 2.16. The van der Waals surface area contributed by atoms with Gasteiger partial charge in [0.1, 0.15) is 5.76 Å². The van der Waals surface area contributed by atoms with Crippen molar-refractivity contribution in [3.8, 4) is 0 Å². The molecule has 0 saturated heterocycles. The molecule has 0 aliphatic heterocycles. The molecule has 0 aromatic carbocycles. The van der Waals surface area contributed by atoms with Gasteiger partial charge in [0, 0.05) is 11.5 Å². The average Bonchev–Trinajstić information content (AvgIpc) is 2.82. The van der Waals surface area contributed by atoms with Gasteiger partial charge in [0.15, 0.2) is 0 Å². The predicted molar refractivity (Wildman–Crippen MR) is 65.1 cm³/mol. The molecule has 1 aromatic rings. The standard InChI is InChI=1S/C13H19NO4/c1-13(2)10(6-11(13)15)14-7-8-4-5-9(18-8)12(16)17-3/h4-5,10-11,14-15H,6-7H2,1-3H3. The van der Waals surface area contributed by atoms with E-state index >= 15 is 0 Å². The number of hydrogen-bond acceptors (Lipinski definition) is 5. The second-order valence-corrected chi connectivity index (χ2v) is 5.26. The van der Waals surface area contributed by atoms with E-state index in [0.29, 0.717) is 12.3 Å². The van der Waals surface area contributed by atoms with Gasteiger partial charge in [-0.25, -0.2) is 4.79 Å². The maximum absolute atomic E-state index is 11.2. The van der Waals surface area contributed by atoms with Gasteiger partial charge >= 0.3 is 5.97 Å². The smallest absolute Gasteiger partial charge is 0.373 e. The molecule has 2 N–H and O–H groups in total. The van der Waals surface area contributed by atoms with Crippen LogP contribution in [0.2, 0.25) is 0 Å². The molecule has 2 atom stereocenters. The van der Waals surface area contributed by atoms with E-state index in [1.165, 1.54) is 7.11 Å². The Morgan fingerprint density at radius 2 is 2.33 bits per heavy atom. The number of carbonyl (C=O) groups excluding carboxylic acids is 1. The minimum Gasteiger partial charge on any atom is -0.463 e. The molecule has 1 fully saturated rings. The minimum absolute atomic E-state index is 0.113. The molecule has 0 amide bonds. The van der Waals surface area contributed by atoms with Crippen molar-refractivity contribution in [2.24, 2.45) is 5.41 Å². The number of methoxy groups -OCH3 is 1. The molecule has 0 spiro atoms. The van der Waals surface area contributed by atoms with E-state index in [1.807, 2.05) is 13.8 Å². The van der Waals surface area contributed by atoms with E-state index in [4.69, 9.17) is 4.42 Å². The predicted octanol–water partition coefficient (Wildman–Crippen LogP) is 1.32. The van der Waals surface area contributed by atoms with Crippen molar-refractivity contribution in [1.29, 1.82) is 0 Å². The third-order valence-corrected chi connectivity index (χ3v) is 3.79. The summed E-state index contributed by atoms with van der Waals surface area (Å²) in [5, 5.41) is 12.9. The van der Waals surface area contributed by atoms with Crippen LogP contribution >= 0.6 is 0 Å². The molecular weight excluding hydrogens is 234 g/mol. The molecule has 5 heteroatoms. The summed E-state index contributed by atoms with van der Waals surface area (Å²) >= 11 is 0. The van der Waals surface area contributed by atoms with E-state index in [0.717, 1.165) is 6.42 Å². The first-order valence-corrected chi connectivity index (χ1v) is 6.03. The second kappa shape index (κ2) is 4.74. The van der Waals surface area contributed by atoms with Gasteiger partial charge in [0.05, 0.1) is 19.8 Å². The minimum atomic E-state index is -0.472. The van der Waals surface area contributed by atoms with Crippen molar-refractivity contribution in [1.82, 2.24) is 5.32 Å². The first-order chi connectivity index (χ1) is 8.45. The number of hydrogen-bond donors (Lipinski definition) is 2. The Kier molecular flexibility index (Phi) is 3.45. The zero-order chi connectivity index (χ0) is 13.3. The first-order valence-electron chi connectivity index (χ1n) is 6.03. The van der Waals surface area contributed by atoms with Crippen molar-refractivity contribution in [3.63, 3.8) is 0 Å². The van der Waals surface area contributed by atoms with Crippen LogP contribution in [-0.4, -0.2) is 30.3 Å². The number of aliphatic hydroxyl groups excluding tert-OH is 1. The van der Waals surface area contributed by atoms with Crippen LogP contribution in [0.3, 0.4) is 0 Å². The average molecular weight is 253 g/mol. The van der Waals surface area contributed by atoms with Gasteiger partial charge in [-0.05, 0) is 18.6 Å². The van der Waals surface area contributed by atoms with Gasteiger partial charge in [-0.2, -0.15) is 0 Å². The van der Waals surface area contributed by atoms with Crippen LogP contribution in [0, 0.1) is 5.41 Å². The Morgan fingerprint density at radius 3 is 2.89 bits per heavy atom. The summed E-state index contributed by atoms with van der Waals surface area (Å²) < 4.78 is 9.92. The monoisotopic (exact) mass is 253 g/mol. The van der Waals surface area contributed by atoms with Crippen molar-refractivity contribution in [2.75, 3.05) is 7.11 Å². The SMILES string of the molecule is COC(=O)c1ccc(CNC2CC(O)C2(C)C)o1. The van der Waals surface area contributed by atoms with Crippen molar-refractivity contribution in [2.45, 2.75) is 39.0 Å². The Hall–Kier alpha value is -1.33. The normalized spacial score (nSPS) is 25.6. The van der Waals surface area contributed by atoms with E-state index in [1.54, 1.807) is 12.1 Å². The summed E-state index contributed by atoms with van der Waals surface area (Å²) in [5.41, 5.74) is -0.113. The van der Waals surface area contributed by atoms with Gasteiger partial charge < -0.3 is 19.6 Å². The lowest BCUT2D eigenvalue weighted by molar-refractivity contribution is -0.0734.